The van der Waals surface area contributed by atoms with Crippen LogP contribution in [0.4, 0.5) is 0 Å². The molecule has 1 spiro atoms. The van der Waals surface area contributed by atoms with E-state index in [1.165, 1.54) is 44.5 Å². The van der Waals surface area contributed by atoms with Crippen LogP contribution in [0.15, 0.2) is 152 Å². The van der Waals surface area contributed by atoms with Crippen molar-refractivity contribution in [2.45, 2.75) is 24.7 Å². The molecule has 46 heavy (non-hydrogen) atoms. The second-order valence-corrected chi connectivity index (χ2v) is 12.8. The van der Waals surface area contributed by atoms with E-state index in [1.54, 1.807) is 0 Å². The Morgan fingerprint density at radius 3 is 1.57 bits per heavy atom. The van der Waals surface area contributed by atoms with E-state index < -0.39 is 5.41 Å². The van der Waals surface area contributed by atoms with Gasteiger partial charge in [0.15, 0.2) is 5.82 Å². The van der Waals surface area contributed by atoms with Crippen molar-refractivity contribution in [2.24, 2.45) is 0 Å². The normalized spacial score (nSPS) is 14.7. The zero-order valence-corrected chi connectivity index (χ0v) is 25.8. The summed E-state index contributed by atoms with van der Waals surface area (Å²) in [6.45, 7) is 4.72. The summed E-state index contributed by atoms with van der Waals surface area (Å²) in [5.74, 6) is 0.618. The van der Waals surface area contributed by atoms with Crippen LogP contribution in [0.25, 0.3) is 45.0 Å². The summed E-state index contributed by atoms with van der Waals surface area (Å²) in [6, 6.07) is 54.3. The molecule has 0 bridgehead atoms. The van der Waals surface area contributed by atoms with Crippen molar-refractivity contribution < 1.29 is 0 Å². The molecule has 9 rings (SSSR count). The van der Waals surface area contributed by atoms with Gasteiger partial charge in [-0.2, -0.15) is 0 Å². The average molecular weight is 590 g/mol. The molecule has 0 N–H and O–H groups in total. The summed E-state index contributed by atoms with van der Waals surface area (Å²) in [4.78, 5) is 5.22. The first-order valence-corrected chi connectivity index (χ1v) is 15.9. The lowest BCUT2D eigenvalue weighted by atomic mass is 9.55. The Bertz CT molecular complexity index is 2240. The fraction of sp³-hybridized carbons (Fsp3) is 0.0930. The Morgan fingerprint density at radius 2 is 0.913 bits per heavy atom. The maximum absolute atomic E-state index is 5.22. The molecule has 1 aromatic heterocycles. The molecule has 7 aromatic rings. The number of hydrogen-bond donors (Lipinski definition) is 0. The molecular formula is C43H31N3. The van der Waals surface area contributed by atoms with Gasteiger partial charge in [0.2, 0.25) is 0 Å². The van der Waals surface area contributed by atoms with Gasteiger partial charge in [-0.05, 0) is 50.6 Å². The topological polar surface area (TPSA) is 38.7 Å². The lowest BCUT2D eigenvalue weighted by Gasteiger charge is -2.46. The first-order valence-electron chi connectivity index (χ1n) is 15.9. The van der Waals surface area contributed by atoms with E-state index >= 15 is 0 Å². The minimum atomic E-state index is -0.422. The van der Waals surface area contributed by atoms with E-state index in [0.29, 0.717) is 5.82 Å². The molecule has 0 amide bonds. The van der Waals surface area contributed by atoms with Crippen LogP contribution in [-0.4, -0.2) is 15.2 Å². The third-order valence-corrected chi connectivity index (χ3v) is 10.1. The van der Waals surface area contributed by atoms with Gasteiger partial charge in [-0.15, -0.1) is 10.2 Å². The molecule has 218 valence electrons. The molecule has 2 aliphatic rings. The highest BCUT2D eigenvalue weighted by atomic mass is 15.2. The molecular weight excluding hydrogens is 558 g/mol. The van der Waals surface area contributed by atoms with Crippen LogP contribution in [0.1, 0.15) is 47.2 Å². The quantitative estimate of drug-likeness (QED) is 0.206. The average Bonchev–Trinajstić information content (AvgIpc) is 3.42. The number of hydrogen-bond acceptors (Lipinski definition) is 3. The Hall–Kier alpha value is -5.67. The minimum Gasteiger partial charge on any atom is -0.224 e. The highest BCUT2D eigenvalue weighted by molar-refractivity contribution is 5.89. The van der Waals surface area contributed by atoms with Crippen LogP contribution >= 0.6 is 0 Å². The van der Waals surface area contributed by atoms with Gasteiger partial charge in [0.1, 0.15) is 11.4 Å². The fourth-order valence-corrected chi connectivity index (χ4v) is 8.02. The van der Waals surface area contributed by atoms with Crippen molar-refractivity contribution in [1.29, 1.82) is 0 Å². The van der Waals surface area contributed by atoms with Crippen LogP contribution in [-0.2, 0) is 10.8 Å². The van der Waals surface area contributed by atoms with Gasteiger partial charge in [0.05, 0.1) is 5.41 Å². The maximum atomic E-state index is 5.22. The number of rotatable bonds is 3. The number of fused-ring (bicyclic) bond motifs is 9. The molecule has 1 heterocycles. The van der Waals surface area contributed by atoms with Crippen molar-refractivity contribution >= 4 is 0 Å². The second kappa shape index (κ2) is 9.92. The minimum absolute atomic E-state index is 0.255. The van der Waals surface area contributed by atoms with Crippen molar-refractivity contribution in [3.63, 3.8) is 0 Å². The van der Waals surface area contributed by atoms with Gasteiger partial charge in [-0.1, -0.05) is 159 Å². The third-order valence-electron chi connectivity index (χ3n) is 10.1. The summed E-state index contributed by atoms with van der Waals surface area (Å²) in [6.07, 6.45) is 0. The Balaban J connectivity index is 1.35. The second-order valence-electron chi connectivity index (χ2n) is 12.8. The first-order chi connectivity index (χ1) is 22.6. The van der Waals surface area contributed by atoms with Crippen LogP contribution in [0.3, 0.4) is 0 Å². The number of nitrogens with zero attached hydrogens (tertiary/aromatic N) is 3. The summed E-state index contributed by atoms with van der Waals surface area (Å²) < 4.78 is 0. The molecule has 2 aliphatic carbocycles. The predicted molar refractivity (Wildman–Crippen MR) is 186 cm³/mol. The highest BCUT2D eigenvalue weighted by Crippen LogP contribution is 2.62. The third kappa shape index (κ3) is 3.63. The standard InChI is InChI=1S/C43H31N3/c1-42(2)35-23-13-14-24-36(35)43(33-21-11-9-19-31(33)32-20-10-12-22-34(32)43)37-26-25-30(27-38(37)42)39-40(28-15-5-3-6-16-28)45-46-41(44-39)29-17-7-4-8-18-29/h3-27H,1-2H3. The highest BCUT2D eigenvalue weighted by Gasteiger charge is 2.53. The lowest BCUT2D eigenvalue weighted by Crippen LogP contribution is -2.40. The van der Waals surface area contributed by atoms with Gasteiger partial charge in [0.25, 0.3) is 0 Å². The fourth-order valence-electron chi connectivity index (χ4n) is 8.02. The van der Waals surface area contributed by atoms with Gasteiger partial charge >= 0.3 is 0 Å². The molecule has 0 aliphatic heterocycles. The molecule has 0 atom stereocenters. The van der Waals surface area contributed by atoms with E-state index in [4.69, 9.17) is 10.1 Å². The number of aromatic nitrogens is 3. The first kappa shape index (κ1) is 26.7. The van der Waals surface area contributed by atoms with E-state index in [9.17, 15) is 0 Å². The van der Waals surface area contributed by atoms with Crippen molar-refractivity contribution in [3.05, 3.63) is 185 Å². The Labute approximate surface area is 269 Å². The Kier molecular flexibility index (Phi) is 5.76. The van der Waals surface area contributed by atoms with E-state index in [-0.39, 0.29) is 5.41 Å². The van der Waals surface area contributed by atoms with E-state index in [1.807, 2.05) is 48.5 Å². The van der Waals surface area contributed by atoms with Gasteiger partial charge in [0, 0.05) is 22.1 Å². The van der Waals surface area contributed by atoms with Gasteiger partial charge in [-0.25, -0.2) is 4.98 Å². The zero-order valence-electron chi connectivity index (χ0n) is 25.8. The number of benzene rings is 6. The SMILES string of the molecule is CC1(C)c2ccccc2C2(c3ccccc3-c3ccccc32)c2ccc(-c3nc(-c4ccccc4)nnc3-c3ccccc3)cc21. The largest absolute Gasteiger partial charge is 0.224 e. The molecule has 0 radical (unpaired) electrons. The molecule has 0 unspecified atom stereocenters. The zero-order chi connectivity index (χ0) is 30.9. The van der Waals surface area contributed by atoms with E-state index in [0.717, 1.165) is 28.1 Å². The summed E-state index contributed by atoms with van der Waals surface area (Å²) in [5, 5.41) is 9.41. The van der Waals surface area contributed by atoms with Crippen molar-refractivity contribution in [1.82, 2.24) is 15.2 Å². The van der Waals surface area contributed by atoms with Crippen LogP contribution < -0.4 is 0 Å². The maximum Gasteiger partial charge on any atom is 0.182 e. The van der Waals surface area contributed by atoms with E-state index in [2.05, 4.69) is 122 Å². The molecule has 0 saturated carbocycles. The summed E-state index contributed by atoms with van der Waals surface area (Å²) >= 11 is 0. The van der Waals surface area contributed by atoms with Crippen LogP contribution in [0.2, 0.25) is 0 Å². The van der Waals surface area contributed by atoms with Crippen LogP contribution in [0.5, 0.6) is 0 Å². The molecule has 0 saturated heterocycles. The smallest absolute Gasteiger partial charge is 0.182 e. The molecule has 0 fully saturated rings. The summed E-state index contributed by atoms with van der Waals surface area (Å²) in [5.41, 5.74) is 14.5. The van der Waals surface area contributed by atoms with Crippen molar-refractivity contribution in [2.75, 3.05) is 0 Å². The predicted octanol–water partition coefficient (Wildman–Crippen LogP) is 9.87. The monoisotopic (exact) mass is 589 g/mol. The molecule has 3 nitrogen and oxygen atoms in total. The molecule has 6 aromatic carbocycles. The van der Waals surface area contributed by atoms with Crippen molar-refractivity contribution in [3.8, 4) is 45.0 Å². The molecule has 3 heteroatoms. The summed E-state index contributed by atoms with van der Waals surface area (Å²) in [7, 11) is 0. The van der Waals surface area contributed by atoms with Gasteiger partial charge < -0.3 is 0 Å². The Morgan fingerprint density at radius 1 is 0.391 bits per heavy atom. The lowest BCUT2D eigenvalue weighted by molar-refractivity contribution is 0.563. The van der Waals surface area contributed by atoms with Crippen LogP contribution in [0, 0.1) is 0 Å². The van der Waals surface area contributed by atoms with Gasteiger partial charge in [-0.3, -0.25) is 0 Å².